The number of fused-ring (bicyclic) bond motifs is 1. The molecule has 1 atom stereocenters. The van der Waals surface area contributed by atoms with Crippen LogP contribution in [0.3, 0.4) is 0 Å². The molecule has 0 bridgehead atoms. The van der Waals surface area contributed by atoms with E-state index in [2.05, 4.69) is 27.3 Å². The molecular formula is C21H30N4O2. The molecule has 0 unspecified atom stereocenters. The highest BCUT2D eigenvalue weighted by Gasteiger charge is 2.22. The minimum absolute atomic E-state index is 0.169. The summed E-state index contributed by atoms with van der Waals surface area (Å²) in [5.41, 5.74) is 3.51. The molecule has 2 aromatic rings. The van der Waals surface area contributed by atoms with E-state index in [0.29, 0.717) is 12.3 Å². The van der Waals surface area contributed by atoms with E-state index in [1.165, 1.54) is 49.8 Å². The van der Waals surface area contributed by atoms with Gasteiger partial charge >= 0.3 is 0 Å². The predicted octanol–water partition coefficient (Wildman–Crippen LogP) is 3.75. The van der Waals surface area contributed by atoms with Crippen molar-refractivity contribution < 1.29 is 9.21 Å². The number of piperidine rings is 1. The van der Waals surface area contributed by atoms with Gasteiger partial charge in [-0.1, -0.05) is 12.8 Å². The number of amides is 1. The number of hydrogen-bond donors (Lipinski definition) is 2. The first-order valence-electron chi connectivity index (χ1n) is 10.4. The Kier molecular flexibility index (Phi) is 5.62. The van der Waals surface area contributed by atoms with Crippen LogP contribution in [0.15, 0.2) is 16.5 Å². The summed E-state index contributed by atoms with van der Waals surface area (Å²) in [6.45, 7) is 4.81. The van der Waals surface area contributed by atoms with Crippen LogP contribution < -0.4 is 5.32 Å². The van der Waals surface area contributed by atoms with Gasteiger partial charge in [0, 0.05) is 5.69 Å². The maximum atomic E-state index is 12.5. The van der Waals surface area contributed by atoms with Gasteiger partial charge in [0.2, 0.25) is 0 Å². The minimum Gasteiger partial charge on any atom is -0.454 e. The molecule has 4 rings (SSSR count). The lowest BCUT2D eigenvalue weighted by Crippen LogP contribution is -2.32. The van der Waals surface area contributed by atoms with Crippen LogP contribution in [0.5, 0.6) is 0 Å². The topological polar surface area (TPSA) is 74.2 Å². The fourth-order valence-corrected chi connectivity index (χ4v) is 4.31. The Labute approximate surface area is 160 Å². The number of carbonyl (C=O) groups is 1. The maximum absolute atomic E-state index is 12.5. The van der Waals surface area contributed by atoms with E-state index < -0.39 is 0 Å². The highest BCUT2D eigenvalue weighted by Crippen LogP contribution is 2.26. The van der Waals surface area contributed by atoms with Crippen molar-refractivity contribution in [3.63, 3.8) is 0 Å². The number of likely N-dealkylation sites (tertiary alicyclic amines) is 1. The molecule has 1 saturated heterocycles. The zero-order valence-electron chi connectivity index (χ0n) is 16.2. The number of nitrogens with zero attached hydrogens (tertiary/aromatic N) is 2. The summed E-state index contributed by atoms with van der Waals surface area (Å²) in [6.07, 6.45) is 9.58. The number of furan rings is 1. The summed E-state index contributed by atoms with van der Waals surface area (Å²) in [5, 5.41) is 10.6. The Hall–Kier alpha value is -2.08. The van der Waals surface area contributed by atoms with Crippen molar-refractivity contribution >= 4 is 5.91 Å². The number of carbonyl (C=O) groups excluding carboxylic acids is 1. The Morgan fingerprint density at radius 1 is 1.19 bits per heavy atom. The number of hydrogen-bond acceptors (Lipinski definition) is 4. The minimum atomic E-state index is -0.169. The maximum Gasteiger partial charge on any atom is 0.287 e. The van der Waals surface area contributed by atoms with E-state index in [0.717, 1.165) is 37.4 Å². The average Bonchev–Trinajstić information content (AvgIpc) is 3.28. The molecule has 1 fully saturated rings. The van der Waals surface area contributed by atoms with Gasteiger partial charge < -0.3 is 9.73 Å². The largest absolute Gasteiger partial charge is 0.454 e. The van der Waals surface area contributed by atoms with Crippen LogP contribution in [-0.2, 0) is 19.4 Å². The van der Waals surface area contributed by atoms with Gasteiger partial charge in [0.15, 0.2) is 5.76 Å². The molecule has 0 radical (unpaired) electrons. The van der Waals surface area contributed by atoms with Crippen molar-refractivity contribution in [2.45, 2.75) is 70.9 Å². The van der Waals surface area contributed by atoms with Crippen LogP contribution in [0.4, 0.5) is 0 Å². The number of rotatable bonds is 5. The van der Waals surface area contributed by atoms with Crippen LogP contribution in [-0.4, -0.2) is 34.1 Å². The number of aromatic amines is 1. The Morgan fingerprint density at radius 2 is 1.96 bits per heavy atom. The van der Waals surface area contributed by atoms with Crippen molar-refractivity contribution in [3.05, 3.63) is 40.6 Å². The second kappa shape index (κ2) is 8.30. The predicted molar refractivity (Wildman–Crippen MR) is 104 cm³/mol. The molecule has 2 N–H and O–H groups in total. The van der Waals surface area contributed by atoms with E-state index in [9.17, 15) is 4.79 Å². The highest BCUT2D eigenvalue weighted by molar-refractivity contribution is 5.91. The summed E-state index contributed by atoms with van der Waals surface area (Å²) in [6, 6.07) is 3.94. The first-order valence-corrected chi connectivity index (χ1v) is 10.4. The van der Waals surface area contributed by atoms with Crippen LogP contribution in [0.2, 0.25) is 0 Å². The van der Waals surface area contributed by atoms with Gasteiger partial charge in [-0.3, -0.25) is 14.8 Å². The number of nitrogens with one attached hydrogen (secondary N) is 2. The lowest BCUT2D eigenvalue weighted by molar-refractivity contribution is 0.0913. The second-order valence-corrected chi connectivity index (χ2v) is 7.85. The molecule has 6 nitrogen and oxygen atoms in total. The molecular weight excluding hydrogens is 340 g/mol. The van der Waals surface area contributed by atoms with Gasteiger partial charge in [-0.25, -0.2) is 0 Å². The van der Waals surface area contributed by atoms with E-state index >= 15 is 0 Å². The van der Waals surface area contributed by atoms with E-state index in [1.807, 2.05) is 6.07 Å². The van der Waals surface area contributed by atoms with Crippen molar-refractivity contribution in [3.8, 4) is 0 Å². The molecule has 0 saturated carbocycles. The molecule has 27 heavy (non-hydrogen) atoms. The number of aromatic nitrogens is 2. The zero-order chi connectivity index (χ0) is 18.6. The van der Waals surface area contributed by atoms with E-state index in [-0.39, 0.29) is 11.9 Å². The van der Waals surface area contributed by atoms with Crippen molar-refractivity contribution in [1.29, 1.82) is 0 Å². The zero-order valence-corrected chi connectivity index (χ0v) is 16.2. The van der Waals surface area contributed by atoms with Gasteiger partial charge in [-0.15, -0.1) is 0 Å². The van der Waals surface area contributed by atoms with Crippen LogP contribution in [0.25, 0.3) is 0 Å². The fourth-order valence-electron chi connectivity index (χ4n) is 4.31. The molecule has 146 valence electrons. The van der Waals surface area contributed by atoms with Gasteiger partial charge in [-0.05, 0) is 76.2 Å². The van der Waals surface area contributed by atoms with E-state index in [1.54, 1.807) is 6.07 Å². The first-order chi connectivity index (χ1) is 13.2. The lowest BCUT2D eigenvalue weighted by Gasteiger charge is -2.31. The Bertz CT molecular complexity index is 773. The summed E-state index contributed by atoms with van der Waals surface area (Å²) in [5.74, 6) is 1.09. The van der Waals surface area contributed by atoms with Crippen molar-refractivity contribution in [1.82, 2.24) is 20.4 Å². The third-order valence-corrected chi connectivity index (χ3v) is 6.01. The van der Waals surface area contributed by atoms with Gasteiger partial charge in [-0.2, -0.15) is 5.10 Å². The molecule has 0 spiro atoms. The molecule has 0 aromatic carbocycles. The molecule has 2 aromatic heterocycles. The monoisotopic (exact) mass is 370 g/mol. The van der Waals surface area contributed by atoms with Crippen LogP contribution in [0.1, 0.15) is 84.8 Å². The van der Waals surface area contributed by atoms with E-state index in [4.69, 9.17) is 4.42 Å². The summed E-state index contributed by atoms with van der Waals surface area (Å²) >= 11 is 0. The third kappa shape index (κ3) is 4.10. The standard InChI is InChI=1S/C21H30N4O2/c1-15(25-12-6-3-7-13-25)19-10-11-20(27-19)21(26)22-14-18-16-8-4-2-5-9-17(16)23-24-18/h10-11,15H,2-9,12-14H2,1H3,(H,22,26)(H,23,24)/t15-/m1/s1. The Balaban J connectivity index is 1.36. The van der Waals surface area contributed by atoms with Crippen LogP contribution in [0, 0.1) is 0 Å². The van der Waals surface area contributed by atoms with Gasteiger partial charge in [0.1, 0.15) is 5.76 Å². The molecule has 6 heteroatoms. The summed E-state index contributed by atoms with van der Waals surface area (Å²) in [4.78, 5) is 15.0. The number of aryl methyl sites for hydroxylation is 1. The molecule has 1 aliphatic heterocycles. The summed E-state index contributed by atoms with van der Waals surface area (Å²) < 4.78 is 5.88. The van der Waals surface area contributed by atoms with Gasteiger partial charge in [0.25, 0.3) is 5.91 Å². The smallest absolute Gasteiger partial charge is 0.287 e. The SMILES string of the molecule is C[C@H](c1ccc(C(=O)NCc2n[nH]c3c2CCCCC3)o1)N1CCCCC1. The normalized spacial score (nSPS) is 19.3. The average molecular weight is 370 g/mol. The molecule has 1 amide bonds. The molecule has 3 heterocycles. The number of H-pyrrole nitrogens is 1. The lowest BCUT2D eigenvalue weighted by atomic mass is 10.1. The molecule has 1 aliphatic carbocycles. The summed E-state index contributed by atoms with van der Waals surface area (Å²) in [7, 11) is 0. The first kappa shape index (κ1) is 18.3. The van der Waals surface area contributed by atoms with Crippen LogP contribution >= 0.6 is 0 Å². The second-order valence-electron chi connectivity index (χ2n) is 7.85. The third-order valence-electron chi connectivity index (χ3n) is 6.01. The Morgan fingerprint density at radius 3 is 2.81 bits per heavy atom. The highest BCUT2D eigenvalue weighted by atomic mass is 16.4. The quantitative estimate of drug-likeness (QED) is 0.786. The fraction of sp³-hybridized carbons (Fsp3) is 0.619. The van der Waals surface area contributed by atoms with Gasteiger partial charge in [0.05, 0.1) is 18.3 Å². The molecule has 2 aliphatic rings. The van der Waals surface area contributed by atoms with Crippen molar-refractivity contribution in [2.75, 3.05) is 13.1 Å². The van der Waals surface area contributed by atoms with Crippen molar-refractivity contribution in [2.24, 2.45) is 0 Å².